The highest BCUT2D eigenvalue weighted by Crippen LogP contribution is 2.35. The molecule has 0 radical (unpaired) electrons. The molecule has 1 rings (SSSR count). The average molecular weight is 263 g/mol. The average Bonchev–Trinajstić information content (AvgIpc) is 2.52. The van der Waals surface area contributed by atoms with Gasteiger partial charge in [-0.2, -0.15) is 18.3 Å². The Bertz CT molecular complexity index is 409. The van der Waals surface area contributed by atoms with Gasteiger partial charge in [-0.15, -0.1) is 0 Å². The largest absolute Gasteiger partial charge is 0.412 e. The van der Waals surface area contributed by atoms with Gasteiger partial charge in [-0.1, -0.05) is 13.8 Å². The first-order chi connectivity index (χ1) is 8.23. The molecule has 0 aliphatic rings. The summed E-state index contributed by atoms with van der Waals surface area (Å²) >= 11 is 0. The molecule has 0 saturated carbocycles. The standard InChI is InChI=1S/C12H20F3N3/c1-5-9-7(3)17-18(8(9)4)11(10(16)6-2)12(13,14)15/h10-11H,5-6,16H2,1-4H3. The molecule has 0 spiro atoms. The molecule has 0 aliphatic heterocycles. The fraction of sp³-hybridized carbons (Fsp3) is 0.750. The molecule has 2 atom stereocenters. The summed E-state index contributed by atoms with van der Waals surface area (Å²) in [5.74, 6) is 0. The monoisotopic (exact) mass is 263 g/mol. The molecule has 0 aromatic carbocycles. The van der Waals surface area contributed by atoms with Crippen LogP contribution in [0.3, 0.4) is 0 Å². The van der Waals surface area contributed by atoms with E-state index in [9.17, 15) is 13.2 Å². The smallest absolute Gasteiger partial charge is 0.326 e. The lowest BCUT2D eigenvalue weighted by atomic mass is 10.1. The Morgan fingerprint density at radius 3 is 2.17 bits per heavy atom. The van der Waals surface area contributed by atoms with Crippen LogP contribution in [0.15, 0.2) is 0 Å². The minimum Gasteiger partial charge on any atom is -0.326 e. The van der Waals surface area contributed by atoms with E-state index in [1.54, 1.807) is 20.8 Å². The number of aromatic nitrogens is 2. The van der Waals surface area contributed by atoms with Gasteiger partial charge >= 0.3 is 6.18 Å². The summed E-state index contributed by atoms with van der Waals surface area (Å²) < 4.78 is 40.4. The van der Waals surface area contributed by atoms with E-state index in [-0.39, 0.29) is 6.42 Å². The number of alkyl halides is 3. The van der Waals surface area contributed by atoms with Crippen molar-refractivity contribution in [3.05, 3.63) is 17.0 Å². The third-order valence-corrected chi connectivity index (χ3v) is 3.30. The normalized spacial score (nSPS) is 15.8. The third-order valence-electron chi connectivity index (χ3n) is 3.30. The van der Waals surface area contributed by atoms with Crippen molar-refractivity contribution in [1.82, 2.24) is 9.78 Å². The van der Waals surface area contributed by atoms with Gasteiger partial charge in [0.25, 0.3) is 0 Å². The van der Waals surface area contributed by atoms with Gasteiger partial charge in [-0.25, -0.2) is 0 Å². The molecule has 104 valence electrons. The summed E-state index contributed by atoms with van der Waals surface area (Å²) in [7, 11) is 0. The zero-order valence-corrected chi connectivity index (χ0v) is 11.2. The van der Waals surface area contributed by atoms with E-state index < -0.39 is 18.3 Å². The Labute approximate surface area is 105 Å². The highest BCUT2D eigenvalue weighted by molar-refractivity contribution is 5.25. The molecular formula is C12H20F3N3. The van der Waals surface area contributed by atoms with Crippen molar-refractivity contribution in [2.75, 3.05) is 0 Å². The summed E-state index contributed by atoms with van der Waals surface area (Å²) in [6.45, 7) is 6.95. The molecule has 1 aromatic heterocycles. The van der Waals surface area contributed by atoms with Crippen LogP contribution in [-0.2, 0) is 6.42 Å². The Balaban J connectivity index is 3.31. The molecule has 0 saturated heterocycles. The first-order valence-corrected chi connectivity index (χ1v) is 6.10. The maximum atomic E-state index is 13.1. The van der Waals surface area contributed by atoms with Gasteiger partial charge < -0.3 is 5.73 Å². The quantitative estimate of drug-likeness (QED) is 0.907. The van der Waals surface area contributed by atoms with Crippen LogP contribution in [-0.4, -0.2) is 22.0 Å². The maximum Gasteiger partial charge on any atom is 0.412 e. The third kappa shape index (κ3) is 2.68. The van der Waals surface area contributed by atoms with E-state index >= 15 is 0 Å². The fourth-order valence-electron chi connectivity index (χ4n) is 2.27. The van der Waals surface area contributed by atoms with Gasteiger partial charge in [0, 0.05) is 11.7 Å². The van der Waals surface area contributed by atoms with Crippen molar-refractivity contribution >= 4 is 0 Å². The summed E-state index contributed by atoms with van der Waals surface area (Å²) in [6, 6.07) is -2.73. The lowest BCUT2D eigenvalue weighted by Gasteiger charge is -2.27. The minimum atomic E-state index is -4.39. The number of rotatable bonds is 4. The van der Waals surface area contributed by atoms with Crippen LogP contribution in [0.2, 0.25) is 0 Å². The molecule has 2 unspecified atom stereocenters. The van der Waals surface area contributed by atoms with Crippen LogP contribution in [0, 0.1) is 13.8 Å². The first kappa shape index (κ1) is 15.0. The second-order valence-electron chi connectivity index (χ2n) is 4.51. The molecule has 6 heteroatoms. The number of halogens is 3. The first-order valence-electron chi connectivity index (χ1n) is 6.10. The Morgan fingerprint density at radius 1 is 1.28 bits per heavy atom. The summed E-state index contributed by atoms with van der Waals surface area (Å²) in [4.78, 5) is 0. The Hall–Kier alpha value is -1.04. The van der Waals surface area contributed by atoms with Gasteiger partial charge in [-0.05, 0) is 32.3 Å². The van der Waals surface area contributed by atoms with E-state index in [0.29, 0.717) is 17.8 Å². The number of aryl methyl sites for hydroxylation is 1. The van der Waals surface area contributed by atoms with E-state index in [1.807, 2.05) is 6.92 Å². The van der Waals surface area contributed by atoms with Crippen LogP contribution in [0.5, 0.6) is 0 Å². The zero-order valence-electron chi connectivity index (χ0n) is 11.2. The molecule has 3 nitrogen and oxygen atoms in total. The predicted octanol–water partition coefficient (Wildman–Crippen LogP) is 2.90. The molecule has 1 aromatic rings. The summed E-state index contributed by atoms with van der Waals surface area (Å²) in [5, 5.41) is 4.03. The number of nitrogens with two attached hydrogens (primary N) is 1. The van der Waals surface area contributed by atoms with Crippen molar-refractivity contribution in [3.8, 4) is 0 Å². The van der Waals surface area contributed by atoms with Crippen molar-refractivity contribution in [1.29, 1.82) is 0 Å². The Kier molecular flexibility index (Phi) is 4.42. The van der Waals surface area contributed by atoms with Crippen molar-refractivity contribution in [2.24, 2.45) is 5.73 Å². The van der Waals surface area contributed by atoms with E-state index in [2.05, 4.69) is 5.10 Å². The van der Waals surface area contributed by atoms with Crippen LogP contribution >= 0.6 is 0 Å². The lowest BCUT2D eigenvalue weighted by Crippen LogP contribution is -2.42. The van der Waals surface area contributed by atoms with E-state index in [0.717, 1.165) is 10.2 Å². The summed E-state index contributed by atoms with van der Waals surface area (Å²) in [6.07, 6.45) is -3.46. The highest BCUT2D eigenvalue weighted by Gasteiger charge is 2.45. The van der Waals surface area contributed by atoms with Crippen LogP contribution in [0.25, 0.3) is 0 Å². The number of hydrogen-bond acceptors (Lipinski definition) is 2. The Morgan fingerprint density at radius 2 is 1.83 bits per heavy atom. The molecule has 18 heavy (non-hydrogen) atoms. The van der Waals surface area contributed by atoms with E-state index in [4.69, 9.17) is 5.73 Å². The number of hydrogen-bond donors (Lipinski definition) is 1. The van der Waals surface area contributed by atoms with Gasteiger partial charge in [0.2, 0.25) is 0 Å². The van der Waals surface area contributed by atoms with Crippen molar-refractivity contribution < 1.29 is 13.2 Å². The molecule has 0 bridgehead atoms. The maximum absolute atomic E-state index is 13.1. The van der Waals surface area contributed by atoms with Gasteiger partial charge in [0.1, 0.15) is 0 Å². The predicted molar refractivity (Wildman–Crippen MR) is 64.4 cm³/mol. The minimum absolute atomic E-state index is 0.254. The molecule has 0 fully saturated rings. The highest BCUT2D eigenvalue weighted by atomic mass is 19.4. The zero-order chi connectivity index (χ0) is 14.1. The van der Waals surface area contributed by atoms with Crippen LogP contribution in [0.1, 0.15) is 43.3 Å². The lowest BCUT2D eigenvalue weighted by molar-refractivity contribution is -0.176. The van der Waals surface area contributed by atoms with Crippen molar-refractivity contribution in [3.63, 3.8) is 0 Å². The molecule has 0 amide bonds. The SMILES string of the molecule is CCc1c(C)nn(C(C(N)CC)C(F)(F)F)c1C. The second kappa shape index (κ2) is 5.30. The molecule has 0 aliphatic carbocycles. The second-order valence-corrected chi connectivity index (χ2v) is 4.51. The van der Waals surface area contributed by atoms with Crippen LogP contribution < -0.4 is 5.73 Å². The van der Waals surface area contributed by atoms with Crippen molar-refractivity contribution in [2.45, 2.75) is 58.8 Å². The molecule has 1 heterocycles. The number of nitrogens with zero attached hydrogens (tertiary/aromatic N) is 2. The molecular weight excluding hydrogens is 243 g/mol. The fourth-order valence-corrected chi connectivity index (χ4v) is 2.27. The van der Waals surface area contributed by atoms with Gasteiger partial charge in [0.05, 0.1) is 5.69 Å². The van der Waals surface area contributed by atoms with Gasteiger partial charge in [0.15, 0.2) is 6.04 Å². The summed E-state index contributed by atoms with van der Waals surface area (Å²) in [5.41, 5.74) is 7.69. The molecule has 2 N–H and O–H groups in total. The van der Waals surface area contributed by atoms with E-state index in [1.165, 1.54) is 0 Å². The van der Waals surface area contributed by atoms with Crippen LogP contribution in [0.4, 0.5) is 13.2 Å². The topological polar surface area (TPSA) is 43.8 Å². The van der Waals surface area contributed by atoms with Gasteiger partial charge in [-0.3, -0.25) is 4.68 Å².